The van der Waals surface area contributed by atoms with Gasteiger partial charge < -0.3 is 14.9 Å². The van der Waals surface area contributed by atoms with Gasteiger partial charge in [-0.3, -0.25) is 9.78 Å². The first kappa shape index (κ1) is 17.5. The van der Waals surface area contributed by atoms with Gasteiger partial charge in [-0.05, 0) is 11.6 Å². The number of hydrogen-bond acceptors (Lipinski definition) is 6. The Morgan fingerprint density at radius 2 is 2.00 bits per heavy atom. The molecular weight excluding hydrogens is 314 g/mol. The maximum absolute atomic E-state index is 10.9. The number of ether oxygens (including phenoxy) is 1. The molecule has 2 aromatic rings. The number of aliphatic hydroxyl groups excluding tert-OH is 2. The van der Waals surface area contributed by atoms with Gasteiger partial charge in [0.05, 0.1) is 12.3 Å². The van der Waals surface area contributed by atoms with Crippen LogP contribution in [-0.2, 0) is 11.4 Å². The molecule has 0 aliphatic carbocycles. The fourth-order valence-electron chi connectivity index (χ4n) is 1.93. The number of pyridine rings is 1. The maximum atomic E-state index is 10.9. The van der Waals surface area contributed by atoms with Crippen LogP contribution in [0.5, 0.6) is 5.75 Å². The molecule has 2 unspecified atom stereocenters. The van der Waals surface area contributed by atoms with Crippen molar-refractivity contribution in [3.8, 4) is 5.75 Å². The molecule has 0 fully saturated rings. The number of carbonyl (C=O) groups is 1. The third kappa shape index (κ3) is 5.67. The molecule has 0 aliphatic rings. The fraction of sp³-hybridized carbons (Fsp3) is 0.294. The Morgan fingerprint density at radius 3 is 2.70 bits per heavy atom. The molecule has 0 saturated carbocycles. The first-order chi connectivity index (χ1) is 11.1. The van der Waals surface area contributed by atoms with Crippen molar-refractivity contribution in [2.45, 2.75) is 25.7 Å². The first-order valence-corrected chi connectivity index (χ1v) is 8.16. The molecule has 0 aliphatic heterocycles. The van der Waals surface area contributed by atoms with Crippen molar-refractivity contribution in [2.24, 2.45) is 0 Å². The van der Waals surface area contributed by atoms with Gasteiger partial charge in [-0.25, -0.2) is 0 Å². The first-order valence-electron chi connectivity index (χ1n) is 7.17. The molecule has 0 bridgehead atoms. The van der Waals surface area contributed by atoms with Crippen LogP contribution in [0.4, 0.5) is 0 Å². The Balaban J connectivity index is 1.97. The summed E-state index contributed by atoms with van der Waals surface area (Å²) in [5, 5.41) is 20.0. The third-order valence-electron chi connectivity index (χ3n) is 3.15. The molecule has 5 nitrogen and oxygen atoms in total. The molecule has 2 atom stereocenters. The number of nitrogens with zero attached hydrogens (tertiary/aromatic N) is 1. The summed E-state index contributed by atoms with van der Waals surface area (Å²) in [6, 6.07) is 11.3. The van der Waals surface area contributed by atoms with E-state index in [9.17, 15) is 15.0 Å². The smallest absolute Gasteiger partial charge is 0.185 e. The Hall–Kier alpha value is -1.89. The minimum absolute atomic E-state index is 0.102. The second kappa shape index (κ2) is 8.67. The minimum Gasteiger partial charge on any atom is -0.487 e. The van der Waals surface area contributed by atoms with Crippen molar-refractivity contribution in [2.75, 3.05) is 5.75 Å². The predicted molar refractivity (Wildman–Crippen MR) is 89.1 cm³/mol. The SMILES string of the molecule is CC(=O)SCC(O)C(O)c1cncc(OCc2ccccc2)c1. The average Bonchev–Trinajstić information content (AvgIpc) is 2.58. The van der Waals surface area contributed by atoms with E-state index in [2.05, 4.69) is 4.98 Å². The topological polar surface area (TPSA) is 79.7 Å². The zero-order valence-electron chi connectivity index (χ0n) is 12.8. The highest BCUT2D eigenvalue weighted by Crippen LogP contribution is 2.23. The van der Waals surface area contributed by atoms with Gasteiger partial charge in [0.1, 0.15) is 18.5 Å². The lowest BCUT2D eigenvalue weighted by Crippen LogP contribution is -2.21. The Kier molecular flexibility index (Phi) is 6.58. The van der Waals surface area contributed by atoms with Crippen LogP contribution in [0.2, 0.25) is 0 Å². The van der Waals surface area contributed by atoms with E-state index in [1.807, 2.05) is 30.3 Å². The summed E-state index contributed by atoms with van der Waals surface area (Å²) < 4.78 is 5.65. The summed E-state index contributed by atoms with van der Waals surface area (Å²) in [6.45, 7) is 1.81. The summed E-state index contributed by atoms with van der Waals surface area (Å²) in [4.78, 5) is 14.9. The second-order valence-corrected chi connectivity index (χ2v) is 6.24. The standard InChI is InChI=1S/C17H19NO4S/c1-12(19)23-11-16(20)17(21)14-7-15(9-18-8-14)22-10-13-5-3-2-4-6-13/h2-9,16-17,20-21H,10-11H2,1H3. The summed E-state index contributed by atoms with van der Waals surface area (Å²) >= 11 is 0.974. The molecule has 0 radical (unpaired) electrons. The van der Waals surface area contributed by atoms with Gasteiger partial charge in [0.15, 0.2) is 5.12 Å². The van der Waals surface area contributed by atoms with E-state index < -0.39 is 12.2 Å². The van der Waals surface area contributed by atoms with E-state index in [1.54, 1.807) is 12.3 Å². The van der Waals surface area contributed by atoms with Crippen molar-refractivity contribution >= 4 is 16.9 Å². The average molecular weight is 333 g/mol. The predicted octanol–water partition coefficient (Wildman–Crippen LogP) is 2.33. The Bertz CT molecular complexity index is 636. The number of carbonyl (C=O) groups excluding carboxylic acids is 1. The van der Waals surface area contributed by atoms with Crippen molar-refractivity contribution in [1.82, 2.24) is 4.98 Å². The van der Waals surface area contributed by atoms with Gasteiger partial charge in [0.25, 0.3) is 0 Å². The lowest BCUT2D eigenvalue weighted by Gasteiger charge is -2.17. The molecule has 1 heterocycles. The van der Waals surface area contributed by atoms with Crippen LogP contribution in [0.3, 0.4) is 0 Å². The molecule has 0 spiro atoms. The molecule has 0 amide bonds. The second-order valence-electron chi connectivity index (χ2n) is 5.04. The Morgan fingerprint density at radius 1 is 1.26 bits per heavy atom. The number of aromatic nitrogens is 1. The zero-order valence-corrected chi connectivity index (χ0v) is 13.6. The van der Waals surface area contributed by atoms with Crippen molar-refractivity contribution in [3.63, 3.8) is 0 Å². The van der Waals surface area contributed by atoms with Gasteiger partial charge >= 0.3 is 0 Å². The van der Waals surface area contributed by atoms with Crippen LogP contribution in [0, 0.1) is 0 Å². The van der Waals surface area contributed by atoms with E-state index in [-0.39, 0.29) is 10.9 Å². The number of thioether (sulfide) groups is 1. The number of hydrogen-bond donors (Lipinski definition) is 2. The van der Waals surface area contributed by atoms with E-state index in [0.29, 0.717) is 17.9 Å². The normalized spacial score (nSPS) is 13.3. The van der Waals surface area contributed by atoms with Crippen LogP contribution >= 0.6 is 11.8 Å². The number of aliphatic hydroxyl groups is 2. The van der Waals surface area contributed by atoms with Crippen LogP contribution in [0.15, 0.2) is 48.8 Å². The van der Waals surface area contributed by atoms with Crippen molar-refractivity contribution in [1.29, 1.82) is 0 Å². The summed E-state index contributed by atoms with van der Waals surface area (Å²) in [5.41, 5.74) is 1.48. The molecule has 1 aromatic heterocycles. The molecule has 1 aromatic carbocycles. The highest BCUT2D eigenvalue weighted by molar-refractivity contribution is 8.13. The summed E-state index contributed by atoms with van der Waals surface area (Å²) in [5.74, 6) is 0.642. The molecule has 6 heteroatoms. The van der Waals surface area contributed by atoms with Crippen molar-refractivity contribution in [3.05, 3.63) is 59.9 Å². The molecule has 2 rings (SSSR count). The largest absolute Gasteiger partial charge is 0.487 e. The third-order valence-corrected chi connectivity index (χ3v) is 4.06. The number of rotatable bonds is 7. The lowest BCUT2D eigenvalue weighted by molar-refractivity contribution is -0.109. The van der Waals surface area contributed by atoms with Crippen molar-refractivity contribution < 1.29 is 19.7 Å². The van der Waals surface area contributed by atoms with Crippen LogP contribution in [-0.4, -0.2) is 32.2 Å². The van der Waals surface area contributed by atoms with Gasteiger partial charge in [-0.1, -0.05) is 42.1 Å². The highest BCUT2D eigenvalue weighted by atomic mass is 32.2. The van der Waals surface area contributed by atoms with Crippen LogP contribution in [0.25, 0.3) is 0 Å². The maximum Gasteiger partial charge on any atom is 0.185 e. The molecule has 23 heavy (non-hydrogen) atoms. The van der Waals surface area contributed by atoms with Crippen LogP contribution in [0.1, 0.15) is 24.2 Å². The summed E-state index contributed by atoms with van der Waals surface area (Å²) in [6.07, 6.45) is 0.863. The van der Waals surface area contributed by atoms with Gasteiger partial charge in [-0.15, -0.1) is 0 Å². The Labute approximate surface area is 139 Å². The molecule has 2 N–H and O–H groups in total. The van der Waals surface area contributed by atoms with E-state index in [0.717, 1.165) is 17.3 Å². The van der Waals surface area contributed by atoms with Gasteiger partial charge in [-0.2, -0.15) is 0 Å². The highest BCUT2D eigenvalue weighted by Gasteiger charge is 2.20. The molecule has 0 saturated heterocycles. The van der Waals surface area contributed by atoms with Gasteiger partial charge in [0, 0.05) is 24.4 Å². The lowest BCUT2D eigenvalue weighted by atomic mass is 10.1. The van der Waals surface area contributed by atoms with E-state index in [4.69, 9.17) is 4.74 Å². The molecular formula is C17H19NO4S. The zero-order chi connectivity index (χ0) is 16.7. The van der Waals surface area contributed by atoms with Gasteiger partial charge in [0.2, 0.25) is 0 Å². The number of benzene rings is 1. The van der Waals surface area contributed by atoms with Crippen LogP contribution < -0.4 is 4.74 Å². The van der Waals surface area contributed by atoms with E-state index >= 15 is 0 Å². The minimum atomic E-state index is -1.12. The monoisotopic (exact) mass is 333 g/mol. The fourth-order valence-corrected chi connectivity index (χ4v) is 2.52. The quantitative estimate of drug-likeness (QED) is 0.809. The summed E-state index contributed by atoms with van der Waals surface area (Å²) in [7, 11) is 0. The van der Waals surface area contributed by atoms with E-state index in [1.165, 1.54) is 13.1 Å². The molecule has 122 valence electrons.